The lowest BCUT2D eigenvalue weighted by atomic mass is 9.86. The monoisotopic (exact) mass is 465 g/mol. The maximum absolute atomic E-state index is 12.5. The number of nitrogens with one attached hydrogen (secondary N) is 2. The van der Waals surface area contributed by atoms with Crippen LogP contribution in [0, 0.1) is 16.0 Å². The fourth-order valence-corrected chi connectivity index (χ4v) is 4.18. The zero-order valence-corrected chi connectivity index (χ0v) is 19.4. The molecule has 1 saturated carbocycles. The van der Waals surface area contributed by atoms with E-state index in [4.69, 9.17) is 9.47 Å². The first-order valence-electron chi connectivity index (χ1n) is 11.6. The molecular formula is C23H35N3O7. The molecule has 1 amide bonds. The first-order valence-corrected chi connectivity index (χ1v) is 11.6. The number of para-hydroxylation sites is 1. The van der Waals surface area contributed by atoms with Crippen LogP contribution in [0.2, 0.25) is 0 Å². The van der Waals surface area contributed by atoms with E-state index < -0.39 is 22.8 Å². The standard InChI is InChI=1S/C23H35N3O7/c1-23(2,15-24-22(28)17-8-10-19(11-9-17)33-26(29)30)25-13-18(27)14-32-20-7-3-5-16-6-4-12-31-21(16)20/h3,5,7,17-19,25,27H,4,6,8-15H2,1-2H3,(H,24,28). The molecule has 1 unspecified atom stereocenters. The first kappa shape index (κ1) is 25.0. The Morgan fingerprint density at radius 3 is 2.82 bits per heavy atom. The summed E-state index contributed by atoms with van der Waals surface area (Å²) in [5, 5.41) is 26.3. The molecule has 1 aliphatic carbocycles. The average Bonchev–Trinajstić information content (AvgIpc) is 2.80. The summed E-state index contributed by atoms with van der Waals surface area (Å²) >= 11 is 0. The third kappa shape index (κ3) is 7.75. The van der Waals surface area contributed by atoms with Crippen molar-refractivity contribution in [2.45, 2.75) is 70.1 Å². The third-order valence-electron chi connectivity index (χ3n) is 6.13. The third-order valence-corrected chi connectivity index (χ3v) is 6.13. The van der Waals surface area contributed by atoms with E-state index in [0.717, 1.165) is 24.2 Å². The van der Waals surface area contributed by atoms with Crippen LogP contribution < -0.4 is 20.1 Å². The molecule has 1 aromatic rings. The zero-order valence-electron chi connectivity index (χ0n) is 19.4. The van der Waals surface area contributed by atoms with Crippen molar-refractivity contribution in [2.75, 3.05) is 26.3 Å². The van der Waals surface area contributed by atoms with E-state index in [9.17, 15) is 20.0 Å². The number of hydrogen-bond acceptors (Lipinski definition) is 8. The Morgan fingerprint density at radius 2 is 2.09 bits per heavy atom. The van der Waals surface area contributed by atoms with Gasteiger partial charge in [0.25, 0.3) is 5.09 Å². The molecule has 1 aliphatic heterocycles. The molecule has 10 nitrogen and oxygen atoms in total. The molecule has 1 aromatic carbocycles. The van der Waals surface area contributed by atoms with Crippen LogP contribution in [0.1, 0.15) is 51.5 Å². The molecule has 0 aromatic heterocycles. The molecule has 1 fully saturated rings. The normalized spacial score (nSPS) is 21.3. The molecule has 0 spiro atoms. The van der Waals surface area contributed by atoms with Crippen molar-refractivity contribution >= 4 is 5.91 Å². The van der Waals surface area contributed by atoms with Crippen molar-refractivity contribution in [1.82, 2.24) is 10.6 Å². The lowest BCUT2D eigenvalue weighted by molar-refractivity contribution is -0.769. The van der Waals surface area contributed by atoms with Gasteiger partial charge in [0.2, 0.25) is 5.91 Å². The molecule has 0 saturated heterocycles. The highest BCUT2D eigenvalue weighted by Crippen LogP contribution is 2.34. The Balaban J connectivity index is 1.36. The first-order chi connectivity index (χ1) is 15.7. The smallest absolute Gasteiger partial charge is 0.294 e. The van der Waals surface area contributed by atoms with Crippen LogP contribution in [0.25, 0.3) is 0 Å². The van der Waals surface area contributed by atoms with Gasteiger partial charge in [-0.25, -0.2) is 0 Å². The minimum absolute atomic E-state index is 0.0536. The van der Waals surface area contributed by atoms with Gasteiger partial charge in [0.15, 0.2) is 11.5 Å². The van der Waals surface area contributed by atoms with Gasteiger partial charge in [-0.1, -0.05) is 12.1 Å². The van der Waals surface area contributed by atoms with Crippen molar-refractivity contribution in [3.63, 3.8) is 0 Å². The fraction of sp³-hybridized carbons (Fsp3) is 0.696. The molecule has 10 heteroatoms. The number of fused-ring (bicyclic) bond motifs is 1. The van der Waals surface area contributed by atoms with E-state index >= 15 is 0 Å². The van der Waals surface area contributed by atoms with Gasteiger partial charge in [0.1, 0.15) is 18.8 Å². The van der Waals surface area contributed by atoms with Crippen molar-refractivity contribution in [1.29, 1.82) is 0 Å². The predicted molar refractivity (Wildman–Crippen MR) is 121 cm³/mol. The van der Waals surface area contributed by atoms with E-state index in [1.807, 2.05) is 32.0 Å². The van der Waals surface area contributed by atoms with Gasteiger partial charge >= 0.3 is 0 Å². The molecule has 3 N–H and O–H groups in total. The minimum Gasteiger partial charge on any atom is -0.489 e. The number of benzene rings is 1. The molecule has 3 rings (SSSR count). The summed E-state index contributed by atoms with van der Waals surface area (Å²) in [7, 11) is 0. The van der Waals surface area contributed by atoms with Crippen LogP contribution in [-0.4, -0.2) is 60.2 Å². The average molecular weight is 466 g/mol. The Kier molecular flexibility index (Phi) is 8.74. The van der Waals surface area contributed by atoms with Gasteiger partial charge in [-0.05, 0) is 64.0 Å². The number of carbonyl (C=O) groups is 1. The maximum atomic E-state index is 12.5. The molecule has 0 bridgehead atoms. The quantitative estimate of drug-likeness (QED) is 0.334. The van der Waals surface area contributed by atoms with Gasteiger partial charge in [-0.2, -0.15) is 0 Å². The topological polar surface area (TPSA) is 132 Å². The number of aliphatic hydroxyl groups excluding tert-OH is 1. The summed E-state index contributed by atoms with van der Waals surface area (Å²) in [6, 6.07) is 5.81. The number of β-amino-alcohol motifs (C(OH)–C–C–N with tert-alkyl or cyclic N) is 1. The van der Waals surface area contributed by atoms with E-state index in [-0.39, 0.29) is 18.4 Å². The molecule has 1 heterocycles. The molecule has 2 aliphatic rings. The van der Waals surface area contributed by atoms with Gasteiger partial charge in [-0.3, -0.25) is 4.79 Å². The summed E-state index contributed by atoms with van der Waals surface area (Å²) in [4.78, 5) is 27.5. The van der Waals surface area contributed by atoms with Crippen molar-refractivity contribution < 1.29 is 29.3 Å². The van der Waals surface area contributed by atoms with Crippen molar-refractivity contribution in [2.24, 2.45) is 5.92 Å². The van der Waals surface area contributed by atoms with E-state index in [0.29, 0.717) is 51.1 Å². The summed E-state index contributed by atoms with van der Waals surface area (Å²) in [6.45, 7) is 5.40. The van der Waals surface area contributed by atoms with Crippen LogP contribution >= 0.6 is 0 Å². The zero-order chi connectivity index (χ0) is 23.8. The Bertz CT molecular complexity index is 809. The van der Waals surface area contributed by atoms with Gasteiger partial charge in [0, 0.05) is 24.5 Å². The fourth-order valence-electron chi connectivity index (χ4n) is 4.18. The summed E-state index contributed by atoms with van der Waals surface area (Å²) in [5.74, 6) is 1.20. The van der Waals surface area contributed by atoms with Crippen molar-refractivity contribution in [3.05, 3.63) is 33.9 Å². The Labute approximate surface area is 194 Å². The van der Waals surface area contributed by atoms with Crippen LogP contribution in [0.4, 0.5) is 0 Å². The van der Waals surface area contributed by atoms with Crippen LogP contribution in [0.5, 0.6) is 11.5 Å². The molecular weight excluding hydrogens is 430 g/mol. The molecule has 33 heavy (non-hydrogen) atoms. The number of ether oxygens (including phenoxy) is 2. The number of amides is 1. The van der Waals surface area contributed by atoms with Gasteiger partial charge in [-0.15, -0.1) is 10.1 Å². The molecule has 0 radical (unpaired) electrons. The van der Waals surface area contributed by atoms with E-state index in [1.165, 1.54) is 0 Å². The number of nitrogens with zero attached hydrogens (tertiary/aromatic N) is 1. The summed E-state index contributed by atoms with van der Waals surface area (Å²) < 4.78 is 11.5. The number of hydrogen-bond donors (Lipinski definition) is 3. The second-order valence-electron chi connectivity index (χ2n) is 9.45. The SMILES string of the molecule is CC(C)(CNC(=O)C1CCC(O[N+](=O)[O-])CC1)NCC(O)COc1cccc2c1OCCC2. The largest absolute Gasteiger partial charge is 0.489 e. The van der Waals surface area contributed by atoms with E-state index in [2.05, 4.69) is 15.5 Å². The Morgan fingerprint density at radius 1 is 1.33 bits per heavy atom. The highest BCUT2D eigenvalue weighted by Gasteiger charge is 2.29. The lowest BCUT2D eigenvalue weighted by Gasteiger charge is -2.30. The maximum Gasteiger partial charge on any atom is 0.294 e. The van der Waals surface area contributed by atoms with E-state index in [1.54, 1.807) is 0 Å². The second kappa shape index (κ2) is 11.5. The number of aliphatic hydroxyl groups is 1. The molecule has 184 valence electrons. The highest BCUT2D eigenvalue weighted by atomic mass is 17.0. The van der Waals surface area contributed by atoms with Crippen molar-refractivity contribution in [3.8, 4) is 11.5 Å². The van der Waals surface area contributed by atoms with Crippen LogP contribution in [0.15, 0.2) is 18.2 Å². The summed E-state index contributed by atoms with van der Waals surface area (Å²) in [5.41, 5.74) is 0.694. The second-order valence-corrected chi connectivity index (χ2v) is 9.45. The Hall–Kier alpha value is -2.59. The van der Waals surface area contributed by atoms with Gasteiger partial charge in [0.05, 0.1) is 6.61 Å². The van der Waals surface area contributed by atoms with Crippen LogP contribution in [-0.2, 0) is 16.1 Å². The predicted octanol–water partition coefficient (Wildman–Crippen LogP) is 2.00. The van der Waals surface area contributed by atoms with Gasteiger partial charge < -0.3 is 30.1 Å². The molecule has 1 atom stereocenters. The number of carbonyl (C=O) groups excluding carboxylic acids is 1. The minimum atomic E-state index is -0.764. The number of rotatable bonds is 11. The highest BCUT2D eigenvalue weighted by molar-refractivity contribution is 5.78. The summed E-state index contributed by atoms with van der Waals surface area (Å²) in [6.07, 6.45) is 2.96. The number of aryl methyl sites for hydroxylation is 1. The lowest BCUT2D eigenvalue weighted by Crippen LogP contribution is -2.52. The van der Waals surface area contributed by atoms with Crippen LogP contribution in [0.3, 0.4) is 0 Å².